The minimum Gasteiger partial charge on any atom is -0.373 e. The molecule has 3 nitrogen and oxygen atoms in total. The third kappa shape index (κ3) is 0.993. The number of nitrogens with one attached hydrogen (secondary N) is 1. The van der Waals surface area contributed by atoms with Crippen molar-refractivity contribution in [1.29, 1.82) is 0 Å². The highest BCUT2D eigenvalue weighted by Crippen LogP contribution is 2.16. The van der Waals surface area contributed by atoms with Crippen molar-refractivity contribution in [3.63, 3.8) is 0 Å². The van der Waals surface area contributed by atoms with Gasteiger partial charge in [0.15, 0.2) is 0 Å². The molecule has 2 rings (SSSR count). The van der Waals surface area contributed by atoms with Gasteiger partial charge in [-0.05, 0) is 18.2 Å². The first-order valence-corrected chi connectivity index (χ1v) is 3.70. The van der Waals surface area contributed by atoms with Crippen molar-refractivity contribution in [2.75, 3.05) is 12.4 Å². The number of fused-ring (bicyclic) bond motifs is 1. The molecule has 1 radical (unpaired) electrons. The molecule has 0 aliphatic heterocycles. The van der Waals surface area contributed by atoms with Gasteiger partial charge in [0.25, 0.3) is 0 Å². The Morgan fingerprint density at radius 1 is 1.42 bits per heavy atom. The maximum Gasteiger partial charge on any atom is 0.137 e. The van der Waals surface area contributed by atoms with E-state index in [-0.39, 0.29) is 0 Å². The van der Waals surface area contributed by atoms with Crippen molar-refractivity contribution in [2.24, 2.45) is 0 Å². The van der Waals surface area contributed by atoms with Crippen LogP contribution in [0.15, 0.2) is 24.5 Å². The molecular formula is C9H8N3. The average Bonchev–Trinajstić information content (AvgIpc) is 2.17. The number of nitrogens with zero attached hydrogens (tertiary/aromatic N) is 2. The first kappa shape index (κ1) is 7.03. The van der Waals surface area contributed by atoms with Crippen LogP contribution in [0.3, 0.4) is 0 Å². The van der Waals surface area contributed by atoms with E-state index in [2.05, 4.69) is 21.4 Å². The van der Waals surface area contributed by atoms with Gasteiger partial charge in [-0.3, -0.25) is 0 Å². The molecule has 1 aromatic carbocycles. The second-order valence-corrected chi connectivity index (χ2v) is 2.42. The lowest BCUT2D eigenvalue weighted by atomic mass is 10.2. The van der Waals surface area contributed by atoms with Crippen LogP contribution in [-0.4, -0.2) is 17.0 Å². The van der Waals surface area contributed by atoms with Crippen LogP contribution >= 0.6 is 0 Å². The summed E-state index contributed by atoms with van der Waals surface area (Å²) in [4.78, 5) is 8.20. The van der Waals surface area contributed by atoms with Gasteiger partial charge < -0.3 is 5.32 Å². The van der Waals surface area contributed by atoms with Crippen LogP contribution in [0.5, 0.6) is 0 Å². The van der Waals surface area contributed by atoms with Gasteiger partial charge in [0.2, 0.25) is 0 Å². The minimum atomic E-state index is 0.844. The van der Waals surface area contributed by atoms with E-state index in [1.54, 1.807) is 6.33 Å². The summed E-state index contributed by atoms with van der Waals surface area (Å²) in [6.07, 6.45) is 1.55. The molecule has 12 heavy (non-hydrogen) atoms. The van der Waals surface area contributed by atoms with Crippen molar-refractivity contribution in [3.8, 4) is 0 Å². The number of benzene rings is 1. The molecule has 0 saturated carbocycles. The monoisotopic (exact) mass is 158 g/mol. The van der Waals surface area contributed by atoms with E-state index in [9.17, 15) is 0 Å². The summed E-state index contributed by atoms with van der Waals surface area (Å²) in [5.41, 5.74) is 0.938. The molecule has 0 unspecified atom stereocenters. The first-order valence-electron chi connectivity index (χ1n) is 3.70. The highest BCUT2D eigenvalue weighted by atomic mass is 15.0. The Labute approximate surface area is 70.5 Å². The SMILES string of the molecule is CNc1ncnc2cc[c]cc12. The summed E-state index contributed by atoms with van der Waals surface area (Å²) in [5.74, 6) is 0.844. The normalized spacial score (nSPS) is 10.1. The fourth-order valence-corrected chi connectivity index (χ4v) is 1.14. The Bertz CT molecular complexity index is 392. The predicted octanol–water partition coefficient (Wildman–Crippen LogP) is 1.47. The smallest absolute Gasteiger partial charge is 0.137 e. The molecule has 0 bridgehead atoms. The molecule has 2 aromatic rings. The maximum atomic E-state index is 4.12. The van der Waals surface area contributed by atoms with Crippen molar-refractivity contribution in [2.45, 2.75) is 0 Å². The Morgan fingerprint density at radius 3 is 3.17 bits per heavy atom. The second kappa shape index (κ2) is 2.77. The van der Waals surface area contributed by atoms with Gasteiger partial charge in [0.1, 0.15) is 12.1 Å². The molecule has 1 heterocycles. The zero-order valence-electron chi connectivity index (χ0n) is 6.70. The van der Waals surface area contributed by atoms with Gasteiger partial charge in [0.05, 0.1) is 5.52 Å². The fourth-order valence-electron chi connectivity index (χ4n) is 1.14. The van der Waals surface area contributed by atoms with E-state index in [1.807, 2.05) is 25.2 Å². The van der Waals surface area contributed by atoms with E-state index < -0.39 is 0 Å². The Morgan fingerprint density at radius 2 is 2.33 bits per heavy atom. The number of hydrogen-bond donors (Lipinski definition) is 1. The molecule has 3 heteroatoms. The van der Waals surface area contributed by atoms with E-state index in [4.69, 9.17) is 0 Å². The lowest BCUT2D eigenvalue weighted by Crippen LogP contribution is -1.93. The van der Waals surface area contributed by atoms with Crippen LogP contribution < -0.4 is 5.32 Å². The summed E-state index contributed by atoms with van der Waals surface area (Å²) in [7, 11) is 1.84. The number of anilines is 1. The van der Waals surface area contributed by atoms with Crippen LogP contribution in [0.1, 0.15) is 0 Å². The third-order valence-corrected chi connectivity index (χ3v) is 1.72. The average molecular weight is 158 g/mol. The second-order valence-electron chi connectivity index (χ2n) is 2.42. The number of rotatable bonds is 1. The van der Waals surface area contributed by atoms with Crippen molar-refractivity contribution < 1.29 is 0 Å². The van der Waals surface area contributed by atoms with Crippen molar-refractivity contribution in [3.05, 3.63) is 30.6 Å². The van der Waals surface area contributed by atoms with Gasteiger partial charge in [-0.25, -0.2) is 9.97 Å². The van der Waals surface area contributed by atoms with E-state index in [1.165, 1.54) is 0 Å². The first-order chi connectivity index (χ1) is 5.92. The molecule has 1 N–H and O–H groups in total. The van der Waals surface area contributed by atoms with Gasteiger partial charge in [-0.1, -0.05) is 6.07 Å². The van der Waals surface area contributed by atoms with Crippen LogP contribution in [0.2, 0.25) is 0 Å². The van der Waals surface area contributed by atoms with Crippen LogP contribution in [0.25, 0.3) is 10.9 Å². The molecule has 0 amide bonds. The molecule has 0 aliphatic rings. The van der Waals surface area contributed by atoms with Crippen molar-refractivity contribution >= 4 is 16.7 Å². The molecule has 0 fully saturated rings. The minimum absolute atomic E-state index is 0.844. The van der Waals surface area contributed by atoms with Gasteiger partial charge in [-0.2, -0.15) is 0 Å². The molecule has 1 aromatic heterocycles. The van der Waals surface area contributed by atoms with Crippen LogP contribution in [0.4, 0.5) is 5.82 Å². The quantitative estimate of drug-likeness (QED) is 0.683. The standard InChI is InChI=1S/C9H8N3/c1-10-9-7-4-2-3-5-8(7)11-6-12-9/h3-6H,1H3,(H,10,11,12). The zero-order valence-corrected chi connectivity index (χ0v) is 6.70. The maximum absolute atomic E-state index is 4.12. The Kier molecular flexibility index (Phi) is 1.63. The lowest BCUT2D eigenvalue weighted by Gasteiger charge is -2.01. The summed E-state index contributed by atoms with van der Waals surface area (Å²) >= 11 is 0. The lowest BCUT2D eigenvalue weighted by molar-refractivity contribution is 1.21. The van der Waals surface area contributed by atoms with Gasteiger partial charge in [0, 0.05) is 12.4 Å². The largest absolute Gasteiger partial charge is 0.373 e. The zero-order chi connectivity index (χ0) is 8.39. The third-order valence-electron chi connectivity index (χ3n) is 1.72. The van der Waals surface area contributed by atoms with Crippen LogP contribution in [-0.2, 0) is 0 Å². The van der Waals surface area contributed by atoms with Gasteiger partial charge >= 0.3 is 0 Å². The molecule has 0 spiro atoms. The number of aromatic nitrogens is 2. The summed E-state index contributed by atoms with van der Waals surface area (Å²) < 4.78 is 0. The topological polar surface area (TPSA) is 37.8 Å². The summed E-state index contributed by atoms with van der Waals surface area (Å²) in [5, 5.41) is 4.00. The molecule has 0 saturated heterocycles. The van der Waals surface area contributed by atoms with E-state index in [0.717, 1.165) is 16.7 Å². The predicted molar refractivity (Wildman–Crippen MR) is 47.9 cm³/mol. The fraction of sp³-hybridized carbons (Fsp3) is 0.111. The molecule has 59 valence electrons. The van der Waals surface area contributed by atoms with Crippen LogP contribution in [0, 0.1) is 6.07 Å². The van der Waals surface area contributed by atoms with Gasteiger partial charge in [-0.15, -0.1) is 0 Å². The Balaban J connectivity index is 2.79. The number of hydrogen-bond acceptors (Lipinski definition) is 3. The molecular weight excluding hydrogens is 150 g/mol. The Hall–Kier alpha value is -1.64. The summed E-state index contributed by atoms with van der Waals surface area (Å²) in [6, 6.07) is 8.62. The highest BCUT2D eigenvalue weighted by molar-refractivity contribution is 5.88. The molecule has 0 aliphatic carbocycles. The van der Waals surface area contributed by atoms with E-state index >= 15 is 0 Å². The summed E-state index contributed by atoms with van der Waals surface area (Å²) in [6.45, 7) is 0. The highest BCUT2D eigenvalue weighted by Gasteiger charge is 1.98. The van der Waals surface area contributed by atoms with Crippen molar-refractivity contribution in [1.82, 2.24) is 9.97 Å². The van der Waals surface area contributed by atoms with E-state index in [0.29, 0.717) is 0 Å². The molecule has 0 atom stereocenters.